The molecule has 0 heterocycles. The van der Waals surface area contributed by atoms with Crippen molar-refractivity contribution in [2.45, 2.75) is 6.10 Å². The van der Waals surface area contributed by atoms with Crippen molar-refractivity contribution in [3.8, 4) is 5.75 Å². The number of halogens is 3. The largest absolute Gasteiger partial charge is 0.495 e. The summed E-state index contributed by atoms with van der Waals surface area (Å²) in [4.78, 5) is 0. The molecule has 0 saturated heterocycles. The molecule has 0 saturated carbocycles. The van der Waals surface area contributed by atoms with Crippen LogP contribution in [-0.2, 0) is 0 Å². The lowest BCUT2D eigenvalue weighted by atomic mass is 10.2. The molecule has 0 aliphatic heterocycles. The van der Waals surface area contributed by atoms with Gasteiger partial charge in [0.15, 0.2) is 0 Å². The number of aliphatic hydroxyl groups excluding tert-OH is 1. The Kier molecular flexibility index (Phi) is 5.31. The van der Waals surface area contributed by atoms with Crippen LogP contribution in [0.4, 0.5) is 10.1 Å². The molecule has 0 fully saturated rings. The number of hydrogen-bond acceptors (Lipinski definition) is 3. The average molecular weight is 313 g/mol. The van der Waals surface area contributed by atoms with Gasteiger partial charge in [0.25, 0.3) is 0 Å². The quantitative estimate of drug-likeness (QED) is 0.821. The van der Waals surface area contributed by atoms with Crippen molar-refractivity contribution < 1.29 is 14.2 Å². The van der Waals surface area contributed by atoms with Crippen LogP contribution in [0, 0.1) is 5.82 Å². The van der Waals surface area contributed by atoms with E-state index in [9.17, 15) is 9.50 Å². The molecule has 0 aliphatic rings. The van der Waals surface area contributed by atoms with Gasteiger partial charge >= 0.3 is 0 Å². The molecule has 0 bridgehead atoms. The minimum atomic E-state index is -0.712. The summed E-state index contributed by atoms with van der Waals surface area (Å²) < 4.78 is 19.0. The van der Waals surface area contributed by atoms with Gasteiger partial charge in [-0.25, -0.2) is 4.39 Å². The molecule has 1 aromatic carbocycles. The highest BCUT2D eigenvalue weighted by Gasteiger charge is 2.09. The molecule has 0 aliphatic carbocycles. The van der Waals surface area contributed by atoms with Crippen molar-refractivity contribution in [2.75, 3.05) is 24.9 Å². The molecule has 1 rings (SSSR count). The number of aliphatic hydroxyl groups is 1. The zero-order valence-electron chi connectivity index (χ0n) is 8.64. The van der Waals surface area contributed by atoms with Gasteiger partial charge in [-0.1, -0.05) is 0 Å². The molecule has 2 N–H and O–H groups in total. The Morgan fingerprint density at radius 3 is 2.88 bits per heavy atom. The van der Waals surface area contributed by atoms with E-state index in [1.807, 2.05) is 0 Å². The molecule has 1 aromatic rings. The fraction of sp³-hybridized carbons (Fsp3) is 0.400. The van der Waals surface area contributed by atoms with Crippen molar-refractivity contribution in [1.82, 2.24) is 0 Å². The molecule has 3 nitrogen and oxygen atoms in total. The van der Waals surface area contributed by atoms with E-state index in [2.05, 4.69) is 21.2 Å². The van der Waals surface area contributed by atoms with Gasteiger partial charge < -0.3 is 15.2 Å². The summed E-state index contributed by atoms with van der Waals surface area (Å²) in [7, 11) is 1.50. The summed E-state index contributed by atoms with van der Waals surface area (Å²) in [5, 5.41) is 12.0. The molecule has 0 amide bonds. The number of alkyl halides is 1. The Labute approximate surface area is 107 Å². The number of anilines is 1. The summed E-state index contributed by atoms with van der Waals surface area (Å²) in [5.74, 6) is 0.196. The number of hydrogen-bond donors (Lipinski definition) is 2. The third kappa shape index (κ3) is 3.50. The molecule has 1 atom stereocenters. The lowest BCUT2D eigenvalue weighted by Gasteiger charge is -2.12. The molecule has 0 aromatic heterocycles. The van der Waals surface area contributed by atoms with E-state index in [0.717, 1.165) is 0 Å². The summed E-state index contributed by atoms with van der Waals surface area (Å²) in [6, 6.07) is 2.81. The van der Waals surface area contributed by atoms with Crippen LogP contribution in [0.5, 0.6) is 5.75 Å². The molecular formula is C10H12BrClFNO2. The van der Waals surface area contributed by atoms with Crippen molar-refractivity contribution in [3.63, 3.8) is 0 Å². The van der Waals surface area contributed by atoms with E-state index in [-0.39, 0.29) is 18.1 Å². The summed E-state index contributed by atoms with van der Waals surface area (Å²) in [5.41, 5.74) is 0.268. The van der Waals surface area contributed by atoms with Crippen LogP contribution in [0.25, 0.3) is 0 Å². The van der Waals surface area contributed by atoms with Crippen LogP contribution >= 0.6 is 27.5 Å². The van der Waals surface area contributed by atoms with Gasteiger partial charge in [0.2, 0.25) is 0 Å². The molecule has 16 heavy (non-hydrogen) atoms. The fourth-order valence-electron chi connectivity index (χ4n) is 1.10. The van der Waals surface area contributed by atoms with Gasteiger partial charge in [-0.3, -0.25) is 0 Å². The average Bonchev–Trinajstić information content (AvgIpc) is 2.27. The van der Waals surface area contributed by atoms with Gasteiger partial charge in [-0.2, -0.15) is 0 Å². The number of methoxy groups -OCH3 is 1. The molecule has 90 valence electrons. The van der Waals surface area contributed by atoms with Crippen molar-refractivity contribution >= 4 is 33.2 Å². The molecule has 6 heteroatoms. The molecule has 1 unspecified atom stereocenters. The first-order chi connectivity index (χ1) is 7.58. The second-order valence-corrected chi connectivity index (χ2v) is 4.32. The predicted molar refractivity (Wildman–Crippen MR) is 65.9 cm³/mol. The van der Waals surface area contributed by atoms with Crippen LogP contribution < -0.4 is 10.1 Å². The monoisotopic (exact) mass is 311 g/mol. The van der Waals surface area contributed by atoms with Crippen LogP contribution in [0.1, 0.15) is 0 Å². The van der Waals surface area contributed by atoms with Gasteiger partial charge in [-0.05, 0) is 22.0 Å². The first kappa shape index (κ1) is 13.5. The molecular weight excluding hydrogens is 300 g/mol. The van der Waals surface area contributed by atoms with Gasteiger partial charge in [-0.15, -0.1) is 11.6 Å². The van der Waals surface area contributed by atoms with E-state index < -0.39 is 11.9 Å². The number of ether oxygens (including phenoxy) is 1. The van der Waals surface area contributed by atoms with Gasteiger partial charge in [0.1, 0.15) is 11.6 Å². The maximum absolute atomic E-state index is 13.5. The first-order valence-corrected chi connectivity index (χ1v) is 5.92. The van der Waals surface area contributed by atoms with E-state index in [1.165, 1.54) is 19.2 Å². The van der Waals surface area contributed by atoms with Crippen LogP contribution in [-0.4, -0.2) is 30.7 Å². The summed E-state index contributed by atoms with van der Waals surface area (Å²) in [6.45, 7) is 0.186. The molecule has 0 spiro atoms. The summed E-state index contributed by atoms with van der Waals surface area (Å²) >= 11 is 8.60. The SMILES string of the molecule is COc1cc(NCC(O)CCl)c(F)cc1Br. The highest BCUT2D eigenvalue weighted by molar-refractivity contribution is 9.10. The first-order valence-electron chi connectivity index (χ1n) is 4.59. The van der Waals surface area contributed by atoms with Crippen molar-refractivity contribution in [2.24, 2.45) is 0 Å². The van der Waals surface area contributed by atoms with E-state index in [0.29, 0.717) is 10.2 Å². The smallest absolute Gasteiger partial charge is 0.147 e. The lowest BCUT2D eigenvalue weighted by molar-refractivity contribution is 0.211. The Hall–Kier alpha value is -0.520. The predicted octanol–water partition coefficient (Wildman–Crippen LogP) is 2.61. The maximum Gasteiger partial charge on any atom is 0.147 e. The van der Waals surface area contributed by atoms with E-state index in [1.54, 1.807) is 0 Å². The Bertz CT molecular complexity index is 365. The number of rotatable bonds is 5. The standard InChI is InChI=1S/C10H12BrClFNO2/c1-16-10-3-9(8(13)2-7(10)11)14-5-6(15)4-12/h2-3,6,14-15H,4-5H2,1H3. The second-order valence-electron chi connectivity index (χ2n) is 3.16. The fourth-order valence-corrected chi connectivity index (χ4v) is 1.69. The topological polar surface area (TPSA) is 41.5 Å². The van der Waals surface area contributed by atoms with Crippen molar-refractivity contribution in [1.29, 1.82) is 0 Å². The Morgan fingerprint density at radius 2 is 2.31 bits per heavy atom. The Balaban J connectivity index is 2.79. The van der Waals surface area contributed by atoms with Crippen LogP contribution in [0.15, 0.2) is 16.6 Å². The zero-order chi connectivity index (χ0) is 12.1. The van der Waals surface area contributed by atoms with Gasteiger partial charge in [0.05, 0.1) is 29.3 Å². The lowest BCUT2D eigenvalue weighted by Crippen LogP contribution is -2.21. The van der Waals surface area contributed by atoms with Crippen LogP contribution in [0.3, 0.4) is 0 Å². The maximum atomic E-state index is 13.5. The zero-order valence-corrected chi connectivity index (χ0v) is 11.0. The highest BCUT2D eigenvalue weighted by Crippen LogP contribution is 2.30. The number of nitrogens with one attached hydrogen (secondary N) is 1. The van der Waals surface area contributed by atoms with Crippen molar-refractivity contribution in [3.05, 3.63) is 22.4 Å². The minimum Gasteiger partial charge on any atom is -0.495 e. The molecule has 0 radical (unpaired) electrons. The van der Waals surface area contributed by atoms with Gasteiger partial charge in [0, 0.05) is 12.6 Å². The summed E-state index contributed by atoms with van der Waals surface area (Å²) in [6.07, 6.45) is -0.712. The second kappa shape index (κ2) is 6.27. The van der Waals surface area contributed by atoms with E-state index in [4.69, 9.17) is 16.3 Å². The Morgan fingerprint density at radius 1 is 1.62 bits per heavy atom. The van der Waals surface area contributed by atoms with Crippen LogP contribution in [0.2, 0.25) is 0 Å². The third-order valence-electron chi connectivity index (χ3n) is 1.95. The highest BCUT2D eigenvalue weighted by atomic mass is 79.9. The number of benzene rings is 1. The van der Waals surface area contributed by atoms with E-state index >= 15 is 0 Å². The normalized spacial score (nSPS) is 12.3. The minimum absolute atomic E-state index is 0.0995. The third-order valence-corrected chi connectivity index (χ3v) is 2.92.